The Bertz CT molecular complexity index is 264. The van der Waals surface area contributed by atoms with E-state index in [0.717, 1.165) is 12.8 Å². The molecule has 0 aliphatic rings. The van der Waals surface area contributed by atoms with E-state index in [1.807, 2.05) is 0 Å². The first kappa shape index (κ1) is 21.2. The van der Waals surface area contributed by atoms with Crippen LogP contribution in [0.15, 0.2) is 12.2 Å². The highest BCUT2D eigenvalue weighted by atomic mass is 16.7. The molecule has 3 nitrogen and oxygen atoms in total. The number of allylic oxidation sites excluding steroid dienone is 2. The van der Waals surface area contributed by atoms with Gasteiger partial charge < -0.3 is 4.84 Å². The van der Waals surface area contributed by atoms with Crippen LogP contribution in [0.4, 0.5) is 0 Å². The largest absolute Gasteiger partial charge is 0.371 e. The van der Waals surface area contributed by atoms with Gasteiger partial charge in [0.05, 0.1) is 0 Å². The van der Waals surface area contributed by atoms with Crippen molar-refractivity contribution in [2.45, 2.75) is 96.8 Å². The van der Waals surface area contributed by atoms with Crippen LogP contribution in [0.1, 0.15) is 96.8 Å². The summed E-state index contributed by atoms with van der Waals surface area (Å²) >= 11 is 0. The van der Waals surface area contributed by atoms with Gasteiger partial charge in [-0.05, 0) is 32.1 Å². The van der Waals surface area contributed by atoms with E-state index in [1.165, 1.54) is 70.6 Å². The maximum absolute atomic E-state index is 11.1. The lowest BCUT2D eigenvalue weighted by Gasteiger charge is -2.01. The zero-order valence-electron chi connectivity index (χ0n) is 14.9. The number of unbranched alkanes of at least 4 members (excludes halogenated alkanes) is 11. The summed E-state index contributed by atoms with van der Waals surface area (Å²) in [5, 5.41) is 0. The molecule has 0 aromatic carbocycles. The van der Waals surface area contributed by atoms with E-state index in [0.29, 0.717) is 6.42 Å². The van der Waals surface area contributed by atoms with E-state index in [-0.39, 0.29) is 5.97 Å². The summed E-state index contributed by atoms with van der Waals surface area (Å²) in [5.41, 5.74) is 2.41. The second-order valence-corrected chi connectivity index (χ2v) is 6.01. The lowest BCUT2D eigenvalue weighted by atomic mass is 10.1. The van der Waals surface area contributed by atoms with Crippen molar-refractivity contribution < 1.29 is 9.63 Å². The lowest BCUT2D eigenvalue weighted by Crippen LogP contribution is -2.14. The molecule has 0 saturated heterocycles. The highest BCUT2D eigenvalue weighted by Gasteiger charge is 2.00. The first-order chi connectivity index (χ1) is 10.8. The van der Waals surface area contributed by atoms with Gasteiger partial charge in [0.1, 0.15) is 0 Å². The third kappa shape index (κ3) is 17.2. The molecule has 0 atom stereocenters. The molecule has 0 saturated carbocycles. The highest BCUT2D eigenvalue weighted by Crippen LogP contribution is 2.10. The minimum Gasteiger partial charge on any atom is -0.371 e. The van der Waals surface area contributed by atoms with Gasteiger partial charge in [0.25, 0.3) is 0 Å². The molecule has 0 aliphatic carbocycles. The summed E-state index contributed by atoms with van der Waals surface area (Å²) in [5.74, 6) is -0.153. The second kappa shape index (κ2) is 18.2. The first-order valence-corrected chi connectivity index (χ1v) is 9.32. The molecule has 0 spiro atoms. The van der Waals surface area contributed by atoms with E-state index in [1.54, 1.807) is 7.05 Å². The molecule has 3 heteroatoms. The van der Waals surface area contributed by atoms with E-state index in [9.17, 15) is 4.79 Å². The topological polar surface area (TPSA) is 38.3 Å². The highest BCUT2D eigenvalue weighted by molar-refractivity contribution is 5.68. The van der Waals surface area contributed by atoms with Gasteiger partial charge in [-0.1, -0.05) is 70.4 Å². The molecule has 0 bridgehead atoms. The zero-order valence-corrected chi connectivity index (χ0v) is 14.9. The summed E-state index contributed by atoms with van der Waals surface area (Å²) in [4.78, 5) is 15.7. The van der Waals surface area contributed by atoms with Crippen molar-refractivity contribution in [1.82, 2.24) is 5.48 Å². The summed E-state index contributed by atoms with van der Waals surface area (Å²) in [6, 6.07) is 0. The monoisotopic (exact) mass is 311 g/mol. The standard InChI is InChI=1S/C19H37NO2/c1-3-4-5-6-7-8-9-10-11-12-13-14-15-16-17-18-19(21)22-20-2/h10-11,20H,3-9,12-18H2,1-2H3/b11-10-. The molecule has 0 aliphatic heterocycles. The third-order valence-electron chi connectivity index (χ3n) is 3.86. The van der Waals surface area contributed by atoms with E-state index < -0.39 is 0 Å². The van der Waals surface area contributed by atoms with Crippen molar-refractivity contribution in [1.29, 1.82) is 0 Å². The summed E-state index contributed by atoms with van der Waals surface area (Å²) in [6.45, 7) is 2.26. The van der Waals surface area contributed by atoms with Crippen LogP contribution in [0.2, 0.25) is 0 Å². The fourth-order valence-electron chi connectivity index (χ4n) is 2.50. The Kier molecular flexibility index (Phi) is 17.5. The maximum Gasteiger partial charge on any atom is 0.324 e. The molecule has 22 heavy (non-hydrogen) atoms. The van der Waals surface area contributed by atoms with Gasteiger partial charge in [0.2, 0.25) is 0 Å². The van der Waals surface area contributed by atoms with Gasteiger partial charge >= 0.3 is 5.97 Å². The van der Waals surface area contributed by atoms with Crippen LogP contribution >= 0.6 is 0 Å². The molecule has 0 aromatic rings. The van der Waals surface area contributed by atoms with Crippen LogP contribution in [0.25, 0.3) is 0 Å². The first-order valence-electron chi connectivity index (χ1n) is 9.32. The number of hydroxylamine groups is 1. The average Bonchev–Trinajstić information content (AvgIpc) is 2.51. The third-order valence-corrected chi connectivity index (χ3v) is 3.86. The number of rotatable bonds is 16. The molecular weight excluding hydrogens is 274 g/mol. The van der Waals surface area contributed by atoms with Crippen LogP contribution in [0, 0.1) is 0 Å². The minimum atomic E-state index is -0.153. The predicted molar refractivity (Wildman–Crippen MR) is 94.6 cm³/mol. The Morgan fingerprint density at radius 1 is 0.818 bits per heavy atom. The molecule has 0 amide bonds. The quantitative estimate of drug-likeness (QED) is 0.226. The van der Waals surface area contributed by atoms with Crippen molar-refractivity contribution in [3.8, 4) is 0 Å². The van der Waals surface area contributed by atoms with E-state index in [4.69, 9.17) is 0 Å². The van der Waals surface area contributed by atoms with Crippen LogP contribution in [-0.4, -0.2) is 13.0 Å². The molecule has 1 N–H and O–H groups in total. The SMILES string of the molecule is CCCCCCCC/C=C\CCCCCCCC(=O)ONC. The molecule has 0 fully saturated rings. The van der Waals surface area contributed by atoms with Crippen molar-refractivity contribution in [2.75, 3.05) is 7.05 Å². The Hall–Kier alpha value is -0.830. The number of hydrogen-bond acceptors (Lipinski definition) is 3. The molecule has 130 valence electrons. The molecule has 0 unspecified atom stereocenters. The van der Waals surface area contributed by atoms with Crippen LogP contribution < -0.4 is 5.48 Å². The lowest BCUT2D eigenvalue weighted by molar-refractivity contribution is -0.150. The fourth-order valence-corrected chi connectivity index (χ4v) is 2.50. The van der Waals surface area contributed by atoms with E-state index >= 15 is 0 Å². The van der Waals surface area contributed by atoms with Gasteiger partial charge in [-0.2, -0.15) is 5.48 Å². The van der Waals surface area contributed by atoms with Gasteiger partial charge in [0.15, 0.2) is 0 Å². The number of hydrogen-bond donors (Lipinski definition) is 1. The maximum atomic E-state index is 11.1. The van der Waals surface area contributed by atoms with Crippen LogP contribution in [0.3, 0.4) is 0 Å². The van der Waals surface area contributed by atoms with Crippen molar-refractivity contribution in [3.63, 3.8) is 0 Å². The molecule has 0 rings (SSSR count). The Morgan fingerprint density at radius 2 is 1.32 bits per heavy atom. The zero-order chi connectivity index (χ0) is 16.3. The molecule has 0 aromatic heterocycles. The van der Waals surface area contributed by atoms with Gasteiger partial charge in [0, 0.05) is 13.5 Å². The second-order valence-electron chi connectivity index (χ2n) is 6.01. The summed E-state index contributed by atoms with van der Waals surface area (Å²) in [7, 11) is 1.61. The summed E-state index contributed by atoms with van der Waals surface area (Å²) in [6.07, 6.45) is 21.8. The van der Waals surface area contributed by atoms with E-state index in [2.05, 4.69) is 29.4 Å². The van der Waals surface area contributed by atoms with Crippen molar-refractivity contribution >= 4 is 5.97 Å². The fraction of sp³-hybridized carbons (Fsp3) is 0.842. The van der Waals surface area contributed by atoms with Crippen LogP contribution in [0.5, 0.6) is 0 Å². The van der Waals surface area contributed by atoms with Gasteiger partial charge in [-0.15, -0.1) is 0 Å². The Balaban J connectivity index is 3.12. The Labute approximate surface area is 137 Å². The predicted octanol–water partition coefficient (Wildman–Crippen LogP) is 5.70. The van der Waals surface area contributed by atoms with Crippen LogP contribution in [-0.2, 0) is 9.63 Å². The van der Waals surface area contributed by atoms with Gasteiger partial charge in [-0.3, -0.25) is 4.79 Å². The minimum absolute atomic E-state index is 0.153. The normalized spacial score (nSPS) is 11.2. The average molecular weight is 312 g/mol. The number of nitrogens with one attached hydrogen (secondary N) is 1. The number of carbonyl (C=O) groups is 1. The molecular formula is C19H37NO2. The smallest absolute Gasteiger partial charge is 0.324 e. The van der Waals surface area contributed by atoms with Crippen molar-refractivity contribution in [2.24, 2.45) is 0 Å². The molecule has 0 radical (unpaired) electrons. The Morgan fingerprint density at radius 3 is 1.86 bits per heavy atom. The van der Waals surface area contributed by atoms with Gasteiger partial charge in [-0.25, -0.2) is 0 Å². The number of carbonyl (C=O) groups excluding carboxylic acids is 1. The summed E-state index contributed by atoms with van der Waals surface area (Å²) < 4.78 is 0. The molecule has 0 heterocycles. The van der Waals surface area contributed by atoms with Crippen molar-refractivity contribution in [3.05, 3.63) is 12.2 Å².